The van der Waals surface area contributed by atoms with Crippen molar-refractivity contribution in [1.29, 1.82) is 0 Å². The van der Waals surface area contributed by atoms with Crippen molar-refractivity contribution in [2.24, 2.45) is 12.8 Å². The Morgan fingerprint density at radius 2 is 2.07 bits per heavy atom. The largest absolute Gasteiger partial charge is 0.325 e. The number of benzene rings is 1. The maximum absolute atomic E-state index is 6.12. The number of aromatic nitrogens is 2. The van der Waals surface area contributed by atoms with E-state index in [4.69, 9.17) is 17.3 Å². The van der Waals surface area contributed by atoms with Crippen molar-refractivity contribution in [3.05, 3.63) is 41.2 Å². The first kappa shape index (κ1) is 10.2. The molecule has 0 saturated carbocycles. The number of hydrogen-bond acceptors (Lipinski definition) is 2. The summed E-state index contributed by atoms with van der Waals surface area (Å²) in [4.78, 5) is 0. The summed E-state index contributed by atoms with van der Waals surface area (Å²) in [7, 11) is 1.88. The summed E-state index contributed by atoms with van der Waals surface area (Å²) in [5.41, 5.74) is 8.65. The van der Waals surface area contributed by atoms with Gasteiger partial charge in [0.25, 0.3) is 0 Å². The molecular weight excluding hydrogens is 210 g/mol. The van der Waals surface area contributed by atoms with Crippen LogP contribution in [-0.2, 0) is 13.6 Å². The molecule has 0 aliphatic carbocycles. The van der Waals surface area contributed by atoms with Crippen molar-refractivity contribution >= 4 is 11.6 Å². The van der Waals surface area contributed by atoms with Crippen LogP contribution >= 0.6 is 11.6 Å². The van der Waals surface area contributed by atoms with E-state index in [0.29, 0.717) is 6.54 Å². The molecule has 4 heteroatoms. The normalized spacial score (nSPS) is 10.6. The Hall–Kier alpha value is -1.32. The zero-order chi connectivity index (χ0) is 10.8. The predicted molar refractivity (Wildman–Crippen MR) is 61.5 cm³/mol. The van der Waals surface area contributed by atoms with E-state index >= 15 is 0 Å². The van der Waals surface area contributed by atoms with Crippen molar-refractivity contribution in [3.8, 4) is 11.1 Å². The van der Waals surface area contributed by atoms with Crippen LogP contribution < -0.4 is 5.73 Å². The van der Waals surface area contributed by atoms with Crippen LogP contribution in [0.2, 0.25) is 5.02 Å². The lowest BCUT2D eigenvalue weighted by atomic mass is 10.1. The summed E-state index contributed by atoms with van der Waals surface area (Å²) >= 11 is 6.12. The van der Waals surface area contributed by atoms with Gasteiger partial charge >= 0.3 is 0 Å². The summed E-state index contributed by atoms with van der Waals surface area (Å²) in [6.07, 6.45) is 1.80. The molecular formula is C11H12ClN3. The van der Waals surface area contributed by atoms with Gasteiger partial charge in [0, 0.05) is 29.7 Å². The van der Waals surface area contributed by atoms with Crippen molar-refractivity contribution in [2.75, 3.05) is 0 Å². The van der Waals surface area contributed by atoms with E-state index in [1.807, 2.05) is 31.3 Å². The number of rotatable bonds is 2. The third-order valence-electron chi connectivity index (χ3n) is 2.42. The van der Waals surface area contributed by atoms with Crippen LogP contribution in [-0.4, -0.2) is 9.78 Å². The Labute approximate surface area is 93.5 Å². The van der Waals surface area contributed by atoms with Crippen LogP contribution in [0.1, 0.15) is 5.69 Å². The Morgan fingerprint density at radius 1 is 1.33 bits per heavy atom. The van der Waals surface area contributed by atoms with Crippen LogP contribution in [0.15, 0.2) is 30.5 Å². The highest BCUT2D eigenvalue weighted by atomic mass is 35.5. The summed E-state index contributed by atoms with van der Waals surface area (Å²) in [5.74, 6) is 0. The molecule has 0 amide bonds. The van der Waals surface area contributed by atoms with Crippen LogP contribution in [0.4, 0.5) is 0 Å². The molecule has 0 spiro atoms. The second kappa shape index (κ2) is 4.04. The number of nitrogens with zero attached hydrogens (tertiary/aromatic N) is 2. The Balaban J connectivity index is 2.59. The summed E-state index contributed by atoms with van der Waals surface area (Å²) in [5, 5.41) is 4.91. The molecule has 0 atom stereocenters. The van der Waals surface area contributed by atoms with Gasteiger partial charge in [-0.2, -0.15) is 5.10 Å². The first-order valence-electron chi connectivity index (χ1n) is 4.70. The van der Waals surface area contributed by atoms with Gasteiger partial charge in [0.1, 0.15) is 0 Å². The average molecular weight is 222 g/mol. The first-order chi connectivity index (χ1) is 7.24. The fraction of sp³-hybridized carbons (Fsp3) is 0.182. The van der Waals surface area contributed by atoms with E-state index in [9.17, 15) is 0 Å². The van der Waals surface area contributed by atoms with Gasteiger partial charge in [-0.15, -0.1) is 0 Å². The Morgan fingerprint density at radius 3 is 2.73 bits per heavy atom. The summed E-state index contributed by atoms with van der Waals surface area (Å²) in [6, 6.07) is 7.70. The molecule has 0 saturated heterocycles. The number of halogens is 1. The molecule has 78 valence electrons. The van der Waals surface area contributed by atoms with Crippen LogP contribution in [0.5, 0.6) is 0 Å². The lowest BCUT2D eigenvalue weighted by molar-refractivity contribution is 0.713. The average Bonchev–Trinajstić information content (AvgIpc) is 2.60. The third-order valence-corrected chi connectivity index (χ3v) is 2.75. The fourth-order valence-corrected chi connectivity index (χ4v) is 1.85. The van der Waals surface area contributed by atoms with Gasteiger partial charge in [-0.25, -0.2) is 0 Å². The van der Waals surface area contributed by atoms with Gasteiger partial charge in [-0.1, -0.05) is 29.8 Å². The zero-order valence-corrected chi connectivity index (χ0v) is 9.20. The molecule has 1 heterocycles. The van der Waals surface area contributed by atoms with Crippen LogP contribution in [0, 0.1) is 0 Å². The van der Waals surface area contributed by atoms with Crippen molar-refractivity contribution in [1.82, 2.24) is 9.78 Å². The van der Waals surface area contributed by atoms with Gasteiger partial charge in [0.15, 0.2) is 0 Å². The molecule has 0 unspecified atom stereocenters. The highest BCUT2D eigenvalue weighted by molar-refractivity contribution is 6.33. The van der Waals surface area contributed by atoms with E-state index in [-0.39, 0.29) is 0 Å². The summed E-state index contributed by atoms with van der Waals surface area (Å²) in [6.45, 7) is 0.455. The smallest absolute Gasteiger partial charge is 0.0595 e. The molecule has 2 N–H and O–H groups in total. The molecule has 0 bridgehead atoms. The standard InChI is InChI=1S/C11H12ClN3/c1-15-11(6-13)9(7-14-15)8-4-2-3-5-10(8)12/h2-5,7H,6,13H2,1H3. The van der Waals surface area contributed by atoms with E-state index in [2.05, 4.69) is 5.10 Å². The molecule has 3 nitrogen and oxygen atoms in total. The van der Waals surface area contributed by atoms with Crippen LogP contribution in [0.3, 0.4) is 0 Å². The number of nitrogens with two attached hydrogens (primary N) is 1. The SMILES string of the molecule is Cn1ncc(-c2ccccc2Cl)c1CN. The van der Waals surface area contributed by atoms with E-state index in [1.165, 1.54) is 0 Å². The molecule has 0 radical (unpaired) electrons. The maximum atomic E-state index is 6.12. The topological polar surface area (TPSA) is 43.8 Å². The van der Waals surface area contributed by atoms with Crippen molar-refractivity contribution < 1.29 is 0 Å². The minimum Gasteiger partial charge on any atom is -0.325 e. The molecule has 1 aromatic carbocycles. The van der Waals surface area contributed by atoms with Gasteiger partial charge < -0.3 is 5.73 Å². The molecule has 0 fully saturated rings. The summed E-state index contributed by atoms with van der Waals surface area (Å²) < 4.78 is 1.78. The molecule has 2 rings (SSSR count). The second-order valence-electron chi connectivity index (χ2n) is 3.31. The van der Waals surface area contributed by atoms with E-state index in [1.54, 1.807) is 10.9 Å². The monoisotopic (exact) mass is 221 g/mol. The minimum absolute atomic E-state index is 0.455. The molecule has 0 aliphatic heterocycles. The maximum Gasteiger partial charge on any atom is 0.0595 e. The van der Waals surface area contributed by atoms with Gasteiger partial charge in [0.05, 0.1) is 11.9 Å². The molecule has 1 aromatic heterocycles. The first-order valence-corrected chi connectivity index (χ1v) is 5.07. The zero-order valence-electron chi connectivity index (χ0n) is 8.44. The van der Waals surface area contributed by atoms with Gasteiger partial charge in [-0.05, 0) is 6.07 Å². The Bertz CT molecular complexity index is 476. The fourth-order valence-electron chi connectivity index (χ4n) is 1.61. The van der Waals surface area contributed by atoms with E-state index in [0.717, 1.165) is 21.8 Å². The van der Waals surface area contributed by atoms with E-state index < -0.39 is 0 Å². The number of aryl methyl sites for hydroxylation is 1. The third kappa shape index (κ3) is 1.76. The highest BCUT2D eigenvalue weighted by Crippen LogP contribution is 2.29. The molecule has 15 heavy (non-hydrogen) atoms. The van der Waals surface area contributed by atoms with Gasteiger partial charge in [0.2, 0.25) is 0 Å². The Kier molecular flexibility index (Phi) is 2.75. The molecule has 2 aromatic rings. The van der Waals surface area contributed by atoms with Gasteiger partial charge in [-0.3, -0.25) is 4.68 Å². The minimum atomic E-state index is 0.455. The number of hydrogen-bond donors (Lipinski definition) is 1. The van der Waals surface area contributed by atoms with Crippen LogP contribution in [0.25, 0.3) is 11.1 Å². The molecule has 0 aliphatic rings. The quantitative estimate of drug-likeness (QED) is 0.845. The highest BCUT2D eigenvalue weighted by Gasteiger charge is 2.11. The van der Waals surface area contributed by atoms with Crippen molar-refractivity contribution in [3.63, 3.8) is 0 Å². The lowest BCUT2D eigenvalue weighted by Crippen LogP contribution is -2.05. The lowest BCUT2D eigenvalue weighted by Gasteiger charge is -2.05. The van der Waals surface area contributed by atoms with Crippen molar-refractivity contribution in [2.45, 2.75) is 6.54 Å². The predicted octanol–water partition coefficient (Wildman–Crippen LogP) is 2.20. The second-order valence-corrected chi connectivity index (χ2v) is 3.72.